The van der Waals surface area contributed by atoms with Gasteiger partial charge in [-0.2, -0.15) is 0 Å². The highest BCUT2D eigenvalue weighted by Crippen LogP contribution is 2.26. The number of benzene rings is 2. The number of anilines is 1. The molecule has 3 nitrogen and oxygen atoms in total. The van der Waals surface area contributed by atoms with Crippen molar-refractivity contribution in [2.75, 3.05) is 18.4 Å². The van der Waals surface area contributed by atoms with E-state index >= 15 is 0 Å². The Morgan fingerprint density at radius 2 is 1.92 bits per heavy atom. The predicted molar refractivity (Wildman–Crippen MR) is 94.7 cm³/mol. The van der Waals surface area contributed by atoms with Gasteiger partial charge in [0, 0.05) is 17.1 Å². The molecule has 2 rings (SSSR count). The second-order valence-electron chi connectivity index (χ2n) is 5.49. The van der Waals surface area contributed by atoms with E-state index in [1.54, 1.807) is 0 Å². The highest BCUT2D eigenvalue weighted by atomic mass is 79.9. The van der Waals surface area contributed by atoms with Crippen molar-refractivity contribution in [1.29, 1.82) is 0 Å². The number of nitrogens with one attached hydrogen (secondary N) is 1. The minimum absolute atomic E-state index is 0.0439. The molecule has 1 amide bonds. The van der Waals surface area contributed by atoms with Crippen molar-refractivity contribution in [2.45, 2.75) is 19.9 Å². The summed E-state index contributed by atoms with van der Waals surface area (Å²) in [7, 11) is 0. The number of carbonyl (C=O) groups excluding carboxylic acids is 1. The molecule has 2 aromatic carbocycles. The number of halogens is 3. The van der Waals surface area contributed by atoms with E-state index in [2.05, 4.69) is 21.2 Å². The Bertz CT molecular complexity index is 672. The molecule has 0 saturated carbocycles. The number of rotatable bonds is 7. The Morgan fingerprint density at radius 1 is 1.21 bits per heavy atom. The molecule has 0 unspecified atom stereocenters. The fourth-order valence-corrected chi connectivity index (χ4v) is 2.92. The van der Waals surface area contributed by atoms with Crippen LogP contribution in [-0.4, -0.2) is 23.9 Å². The van der Waals surface area contributed by atoms with Crippen molar-refractivity contribution in [1.82, 2.24) is 4.90 Å². The van der Waals surface area contributed by atoms with Crippen LogP contribution in [0.2, 0.25) is 0 Å². The molecule has 0 fully saturated rings. The van der Waals surface area contributed by atoms with Gasteiger partial charge in [0.25, 0.3) is 0 Å². The van der Waals surface area contributed by atoms with Gasteiger partial charge in [0.15, 0.2) is 5.82 Å². The first-order valence-corrected chi connectivity index (χ1v) is 8.49. The molecule has 1 N–H and O–H groups in total. The quantitative estimate of drug-likeness (QED) is 0.742. The van der Waals surface area contributed by atoms with Crippen molar-refractivity contribution in [3.63, 3.8) is 0 Å². The van der Waals surface area contributed by atoms with E-state index in [0.29, 0.717) is 6.54 Å². The SMILES string of the molecule is CCCN(CC(=O)Nc1c(F)cc(F)cc1Br)Cc1ccccc1. The highest BCUT2D eigenvalue weighted by molar-refractivity contribution is 9.10. The Balaban J connectivity index is 2.03. The molecule has 0 aromatic heterocycles. The van der Waals surface area contributed by atoms with E-state index in [-0.39, 0.29) is 22.6 Å². The molecule has 0 heterocycles. The molecule has 2 aromatic rings. The van der Waals surface area contributed by atoms with Crippen LogP contribution in [0.15, 0.2) is 46.9 Å². The third-order valence-corrected chi connectivity index (χ3v) is 4.05. The lowest BCUT2D eigenvalue weighted by Crippen LogP contribution is -2.33. The zero-order chi connectivity index (χ0) is 17.5. The molecule has 0 aliphatic carbocycles. The summed E-state index contributed by atoms with van der Waals surface area (Å²) in [5.74, 6) is -1.85. The molecule has 0 bridgehead atoms. The molecule has 0 aliphatic rings. The van der Waals surface area contributed by atoms with Gasteiger partial charge in [0.2, 0.25) is 5.91 Å². The van der Waals surface area contributed by atoms with Gasteiger partial charge in [-0.1, -0.05) is 37.3 Å². The Morgan fingerprint density at radius 3 is 2.54 bits per heavy atom. The van der Waals surface area contributed by atoms with Crippen LogP contribution < -0.4 is 5.32 Å². The molecule has 0 spiro atoms. The first-order valence-electron chi connectivity index (χ1n) is 7.70. The summed E-state index contributed by atoms with van der Waals surface area (Å²) in [5, 5.41) is 2.51. The monoisotopic (exact) mass is 396 g/mol. The van der Waals surface area contributed by atoms with E-state index in [0.717, 1.165) is 30.7 Å². The third kappa shape index (κ3) is 5.39. The van der Waals surface area contributed by atoms with E-state index < -0.39 is 11.6 Å². The largest absolute Gasteiger partial charge is 0.322 e. The highest BCUT2D eigenvalue weighted by Gasteiger charge is 2.15. The Hall–Kier alpha value is -1.79. The fourth-order valence-electron chi connectivity index (χ4n) is 2.42. The normalized spacial score (nSPS) is 10.9. The maximum atomic E-state index is 13.8. The van der Waals surface area contributed by atoms with Crippen LogP contribution in [-0.2, 0) is 11.3 Å². The molecule has 128 valence electrons. The zero-order valence-corrected chi connectivity index (χ0v) is 14.9. The van der Waals surface area contributed by atoms with Gasteiger partial charge in [-0.15, -0.1) is 0 Å². The van der Waals surface area contributed by atoms with Gasteiger partial charge >= 0.3 is 0 Å². The molecule has 0 atom stereocenters. The van der Waals surface area contributed by atoms with Crippen molar-refractivity contribution >= 4 is 27.5 Å². The summed E-state index contributed by atoms with van der Waals surface area (Å²) in [6, 6.07) is 11.7. The second-order valence-corrected chi connectivity index (χ2v) is 6.34. The summed E-state index contributed by atoms with van der Waals surface area (Å²) in [6.45, 7) is 3.54. The van der Waals surface area contributed by atoms with Crippen molar-refractivity contribution < 1.29 is 13.6 Å². The molecule has 24 heavy (non-hydrogen) atoms. The van der Waals surface area contributed by atoms with Gasteiger partial charge in [0.1, 0.15) is 5.82 Å². The lowest BCUT2D eigenvalue weighted by molar-refractivity contribution is -0.117. The summed E-state index contributed by atoms with van der Waals surface area (Å²) in [6.07, 6.45) is 0.898. The van der Waals surface area contributed by atoms with Crippen LogP contribution in [0.4, 0.5) is 14.5 Å². The van der Waals surface area contributed by atoms with Crippen LogP contribution in [0.1, 0.15) is 18.9 Å². The Kier molecular flexibility index (Phi) is 6.87. The lowest BCUT2D eigenvalue weighted by Gasteiger charge is -2.21. The smallest absolute Gasteiger partial charge is 0.238 e. The summed E-state index contributed by atoms with van der Waals surface area (Å²) in [4.78, 5) is 14.2. The zero-order valence-electron chi connectivity index (χ0n) is 13.4. The van der Waals surface area contributed by atoms with E-state index in [9.17, 15) is 13.6 Å². The van der Waals surface area contributed by atoms with Crippen molar-refractivity contribution in [3.8, 4) is 0 Å². The molecule has 0 aliphatic heterocycles. The topological polar surface area (TPSA) is 32.3 Å². The fraction of sp³-hybridized carbons (Fsp3) is 0.278. The molecular formula is C18H19BrF2N2O. The summed E-state index contributed by atoms with van der Waals surface area (Å²) < 4.78 is 27.1. The average molecular weight is 397 g/mol. The minimum atomic E-state index is -0.805. The summed E-state index contributed by atoms with van der Waals surface area (Å²) in [5.41, 5.74) is 1.06. The lowest BCUT2D eigenvalue weighted by atomic mass is 10.2. The van der Waals surface area contributed by atoms with Gasteiger partial charge in [-0.05, 0) is 40.5 Å². The van der Waals surface area contributed by atoms with Crippen LogP contribution in [0.3, 0.4) is 0 Å². The third-order valence-electron chi connectivity index (χ3n) is 3.43. The summed E-state index contributed by atoms with van der Waals surface area (Å²) >= 11 is 3.07. The molecular weight excluding hydrogens is 378 g/mol. The van der Waals surface area contributed by atoms with Gasteiger partial charge in [0.05, 0.1) is 12.2 Å². The van der Waals surface area contributed by atoms with E-state index in [1.807, 2.05) is 42.2 Å². The number of carbonyl (C=O) groups is 1. The van der Waals surface area contributed by atoms with E-state index in [1.165, 1.54) is 0 Å². The second kappa shape index (κ2) is 8.89. The van der Waals surface area contributed by atoms with Gasteiger partial charge < -0.3 is 5.32 Å². The number of hydrogen-bond donors (Lipinski definition) is 1. The van der Waals surface area contributed by atoms with Gasteiger partial charge in [-0.25, -0.2) is 8.78 Å². The number of amides is 1. The van der Waals surface area contributed by atoms with Gasteiger partial charge in [-0.3, -0.25) is 9.69 Å². The predicted octanol–water partition coefficient (Wildman–Crippen LogP) is 4.58. The minimum Gasteiger partial charge on any atom is -0.322 e. The number of nitrogens with zero attached hydrogens (tertiary/aromatic N) is 1. The van der Waals surface area contributed by atoms with Crippen molar-refractivity contribution in [2.24, 2.45) is 0 Å². The average Bonchev–Trinajstić information content (AvgIpc) is 2.52. The molecule has 6 heteroatoms. The standard InChI is InChI=1S/C18H19BrF2N2O/c1-2-8-23(11-13-6-4-3-5-7-13)12-17(24)22-18-15(19)9-14(20)10-16(18)21/h3-7,9-10H,2,8,11-12H2,1H3,(H,22,24). The number of hydrogen-bond acceptors (Lipinski definition) is 2. The van der Waals surface area contributed by atoms with Crippen molar-refractivity contribution in [3.05, 3.63) is 64.1 Å². The maximum absolute atomic E-state index is 13.8. The van der Waals surface area contributed by atoms with E-state index in [4.69, 9.17) is 0 Å². The first kappa shape index (κ1) is 18.5. The van der Waals surface area contributed by atoms with Crippen LogP contribution >= 0.6 is 15.9 Å². The maximum Gasteiger partial charge on any atom is 0.238 e. The van der Waals surface area contributed by atoms with Crippen LogP contribution in [0.5, 0.6) is 0 Å². The first-order chi connectivity index (χ1) is 11.5. The van der Waals surface area contributed by atoms with Crippen LogP contribution in [0, 0.1) is 11.6 Å². The molecule has 0 saturated heterocycles. The molecule has 0 radical (unpaired) electrons. The Labute approximate surface area is 148 Å². The van der Waals surface area contributed by atoms with Crippen LogP contribution in [0.25, 0.3) is 0 Å².